The number of carboxylic acid groups (broad SMARTS) is 1. The zero-order valence-corrected chi connectivity index (χ0v) is 10.5. The van der Waals surface area contributed by atoms with Crippen LogP contribution in [0, 0.1) is 11.8 Å². The van der Waals surface area contributed by atoms with E-state index in [4.69, 9.17) is 10.2 Å². The van der Waals surface area contributed by atoms with Gasteiger partial charge in [0.05, 0.1) is 11.8 Å². The average Bonchev–Trinajstić information content (AvgIpc) is 3.17. The number of amides is 1. The van der Waals surface area contributed by atoms with Crippen molar-refractivity contribution < 1.29 is 19.8 Å². The number of benzene rings is 1. The number of carboxylic acids is 1. The molecule has 3 N–H and O–H groups in total. The van der Waals surface area contributed by atoms with E-state index < -0.39 is 17.8 Å². The summed E-state index contributed by atoms with van der Waals surface area (Å²) in [6.07, 6.45) is 1.86. The van der Waals surface area contributed by atoms with Crippen LogP contribution in [-0.2, 0) is 16.0 Å². The van der Waals surface area contributed by atoms with Crippen LogP contribution in [0.5, 0.6) is 0 Å². The highest BCUT2D eigenvalue weighted by molar-refractivity contribution is 5.98. The maximum Gasteiger partial charge on any atom is 0.307 e. The lowest BCUT2D eigenvalue weighted by Gasteiger charge is -2.06. The summed E-state index contributed by atoms with van der Waals surface area (Å²) in [6.45, 7) is 0.138. The molecular weight excluding hydrogens is 246 g/mol. The van der Waals surface area contributed by atoms with E-state index in [2.05, 4.69) is 5.32 Å². The number of nitrogens with one attached hydrogen (secondary N) is 1. The number of hydrogen-bond acceptors (Lipinski definition) is 3. The first-order valence-corrected chi connectivity index (χ1v) is 6.35. The van der Waals surface area contributed by atoms with Gasteiger partial charge in [0.25, 0.3) is 0 Å². The Kier molecular flexibility index (Phi) is 4.16. The number of carbonyl (C=O) groups excluding carboxylic acids is 1. The summed E-state index contributed by atoms with van der Waals surface area (Å²) < 4.78 is 0. The number of rotatable bonds is 6. The predicted molar refractivity (Wildman–Crippen MR) is 69.7 cm³/mol. The van der Waals surface area contributed by atoms with Gasteiger partial charge in [0.15, 0.2) is 0 Å². The number of hydrogen-bond donors (Lipinski definition) is 3. The highest BCUT2D eigenvalue weighted by Gasteiger charge is 2.48. The first kappa shape index (κ1) is 13.5. The Morgan fingerprint density at radius 2 is 2.11 bits per heavy atom. The molecular formula is C14H17NO4. The van der Waals surface area contributed by atoms with Gasteiger partial charge in [-0.3, -0.25) is 9.59 Å². The lowest BCUT2D eigenvalue weighted by atomic mass is 10.1. The van der Waals surface area contributed by atoms with Gasteiger partial charge in [-0.2, -0.15) is 0 Å². The van der Waals surface area contributed by atoms with Crippen LogP contribution in [0.1, 0.15) is 18.4 Å². The van der Waals surface area contributed by atoms with Crippen molar-refractivity contribution in [2.75, 3.05) is 11.9 Å². The van der Waals surface area contributed by atoms with Crippen LogP contribution < -0.4 is 5.32 Å². The van der Waals surface area contributed by atoms with E-state index in [1.165, 1.54) is 0 Å². The third-order valence-electron chi connectivity index (χ3n) is 3.26. The first-order valence-electron chi connectivity index (χ1n) is 6.35. The van der Waals surface area contributed by atoms with Crippen LogP contribution in [0.15, 0.2) is 24.3 Å². The van der Waals surface area contributed by atoms with Gasteiger partial charge in [0, 0.05) is 12.3 Å². The van der Waals surface area contributed by atoms with Crippen molar-refractivity contribution in [3.8, 4) is 0 Å². The van der Waals surface area contributed by atoms with Gasteiger partial charge in [-0.05, 0) is 37.0 Å². The summed E-state index contributed by atoms with van der Waals surface area (Å²) >= 11 is 0. The molecule has 0 bridgehead atoms. The molecule has 0 aliphatic heterocycles. The lowest BCUT2D eigenvalue weighted by Crippen LogP contribution is -2.16. The van der Waals surface area contributed by atoms with Gasteiger partial charge >= 0.3 is 5.97 Å². The van der Waals surface area contributed by atoms with Gasteiger partial charge in [0.2, 0.25) is 5.91 Å². The van der Waals surface area contributed by atoms with Crippen LogP contribution in [-0.4, -0.2) is 28.7 Å². The fourth-order valence-corrected chi connectivity index (χ4v) is 2.08. The van der Waals surface area contributed by atoms with E-state index in [9.17, 15) is 9.59 Å². The summed E-state index contributed by atoms with van der Waals surface area (Å²) in [5.41, 5.74) is 1.72. The number of aliphatic carboxylic acids is 1. The highest BCUT2D eigenvalue weighted by Crippen LogP contribution is 2.39. The first-order chi connectivity index (χ1) is 9.11. The predicted octanol–water partition coefficient (Wildman–Crippen LogP) is 1.27. The molecule has 1 aromatic rings. The number of anilines is 1. The van der Waals surface area contributed by atoms with Crippen molar-refractivity contribution in [1.29, 1.82) is 0 Å². The summed E-state index contributed by atoms with van der Waals surface area (Å²) in [6, 6.07) is 7.40. The van der Waals surface area contributed by atoms with E-state index in [-0.39, 0.29) is 12.5 Å². The molecule has 0 aromatic heterocycles. The molecule has 1 amide bonds. The number of carbonyl (C=O) groups is 2. The Hall–Kier alpha value is -1.88. The number of aliphatic hydroxyl groups is 1. The molecule has 0 saturated heterocycles. The van der Waals surface area contributed by atoms with Crippen molar-refractivity contribution >= 4 is 17.6 Å². The third kappa shape index (κ3) is 3.54. The van der Waals surface area contributed by atoms with Crippen LogP contribution in [0.4, 0.5) is 5.69 Å². The number of aryl methyl sites for hydroxylation is 1. The SMILES string of the molecule is O=C(O)C1CC1C(=O)Nc1cccc(CCCO)c1. The van der Waals surface area contributed by atoms with E-state index in [1.807, 2.05) is 18.2 Å². The zero-order chi connectivity index (χ0) is 13.8. The molecule has 5 heteroatoms. The number of aliphatic hydroxyl groups excluding tert-OH is 1. The Morgan fingerprint density at radius 1 is 1.32 bits per heavy atom. The molecule has 5 nitrogen and oxygen atoms in total. The van der Waals surface area contributed by atoms with E-state index in [0.717, 1.165) is 12.0 Å². The van der Waals surface area contributed by atoms with E-state index >= 15 is 0 Å². The van der Waals surface area contributed by atoms with Crippen molar-refractivity contribution in [1.82, 2.24) is 0 Å². The molecule has 1 aliphatic carbocycles. The van der Waals surface area contributed by atoms with Crippen molar-refractivity contribution in [2.45, 2.75) is 19.3 Å². The topological polar surface area (TPSA) is 86.6 Å². The molecule has 0 radical (unpaired) electrons. The molecule has 102 valence electrons. The third-order valence-corrected chi connectivity index (χ3v) is 3.26. The Labute approximate surface area is 111 Å². The molecule has 2 unspecified atom stereocenters. The van der Waals surface area contributed by atoms with E-state index in [0.29, 0.717) is 18.5 Å². The Bertz CT molecular complexity index is 486. The fraction of sp³-hybridized carbons (Fsp3) is 0.429. The quantitative estimate of drug-likeness (QED) is 0.721. The second kappa shape index (κ2) is 5.84. The summed E-state index contributed by atoms with van der Waals surface area (Å²) in [5.74, 6) is -2.07. The smallest absolute Gasteiger partial charge is 0.307 e. The molecule has 1 aliphatic rings. The van der Waals surface area contributed by atoms with Crippen molar-refractivity contribution in [3.05, 3.63) is 29.8 Å². The van der Waals surface area contributed by atoms with Gasteiger partial charge in [-0.15, -0.1) is 0 Å². The minimum atomic E-state index is -0.906. The van der Waals surface area contributed by atoms with Crippen LogP contribution >= 0.6 is 0 Å². The molecule has 0 spiro atoms. The van der Waals surface area contributed by atoms with Crippen molar-refractivity contribution in [3.63, 3.8) is 0 Å². The average molecular weight is 263 g/mol. The van der Waals surface area contributed by atoms with Gasteiger partial charge in [-0.25, -0.2) is 0 Å². The molecule has 1 aromatic carbocycles. The minimum absolute atomic E-state index is 0.138. The van der Waals surface area contributed by atoms with Crippen LogP contribution in [0.25, 0.3) is 0 Å². The highest BCUT2D eigenvalue weighted by atomic mass is 16.4. The molecule has 19 heavy (non-hydrogen) atoms. The van der Waals surface area contributed by atoms with Crippen LogP contribution in [0.3, 0.4) is 0 Å². The van der Waals surface area contributed by atoms with Crippen molar-refractivity contribution in [2.24, 2.45) is 11.8 Å². The fourth-order valence-electron chi connectivity index (χ4n) is 2.08. The molecule has 1 fully saturated rings. The maximum absolute atomic E-state index is 11.8. The zero-order valence-electron chi connectivity index (χ0n) is 10.5. The summed E-state index contributed by atoms with van der Waals surface area (Å²) in [4.78, 5) is 22.5. The maximum atomic E-state index is 11.8. The largest absolute Gasteiger partial charge is 0.481 e. The summed E-state index contributed by atoms with van der Waals surface area (Å²) in [7, 11) is 0. The van der Waals surface area contributed by atoms with Gasteiger partial charge in [0.1, 0.15) is 0 Å². The van der Waals surface area contributed by atoms with Crippen LogP contribution in [0.2, 0.25) is 0 Å². The minimum Gasteiger partial charge on any atom is -0.481 e. The lowest BCUT2D eigenvalue weighted by molar-refractivity contribution is -0.139. The second-order valence-corrected chi connectivity index (χ2v) is 4.80. The normalized spacial score (nSPS) is 20.9. The van der Waals surface area contributed by atoms with E-state index in [1.54, 1.807) is 6.07 Å². The molecule has 1 saturated carbocycles. The summed E-state index contributed by atoms with van der Waals surface area (Å²) in [5, 5.41) is 20.3. The Balaban J connectivity index is 1.92. The standard InChI is InChI=1S/C14H17NO4/c16-6-2-4-9-3-1-5-10(7-9)15-13(17)11-8-12(11)14(18)19/h1,3,5,7,11-12,16H,2,4,6,8H2,(H,15,17)(H,18,19). The molecule has 2 atom stereocenters. The molecule has 2 rings (SSSR count). The Morgan fingerprint density at radius 3 is 2.74 bits per heavy atom. The monoisotopic (exact) mass is 263 g/mol. The van der Waals surface area contributed by atoms with Gasteiger partial charge < -0.3 is 15.5 Å². The van der Waals surface area contributed by atoms with Gasteiger partial charge in [-0.1, -0.05) is 12.1 Å². The second-order valence-electron chi connectivity index (χ2n) is 4.80. The molecule has 0 heterocycles.